The lowest BCUT2D eigenvalue weighted by atomic mass is 9.91. The summed E-state index contributed by atoms with van der Waals surface area (Å²) in [7, 11) is 0. The molecule has 4 heteroatoms. The van der Waals surface area contributed by atoms with Crippen LogP contribution in [0.5, 0.6) is 0 Å². The lowest BCUT2D eigenvalue weighted by molar-refractivity contribution is 0.296. The third-order valence-electron chi connectivity index (χ3n) is 3.21. The molecule has 90 valence electrons. The average Bonchev–Trinajstić information content (AvgIpc) is 2.65. The second kappa shape index (κ2) is 4.97. The van der Waals surface area contributed by atoms with E-state index in [1.807, 2.05) is 6.92 Å². The molecule has 0 aromatic carbocycles. The number of oxazole rings is 1. The van der Waals surface area contributed by atoms with Gasteiger partial charge in [0, 0.05) is 12.1 Å². The minimum absolute atomic E-state index is 0.170. The van der Waals surface area contributed by atoms with E-state index < -0.39 is 0 Å². The third-order valence-corrected chi connectivity index (χ3v) is 3.21. The fourth-order valence-electron chi connectivity index (χ4n) is 2.38. The quantitative estimate of drug-likeness (QED) is 0.821. The second-order valence-corrected chi connectivity index (χ2v) is 4.82. The van der Waals surface area contributed by atoms with E-state index in [2.05, 4.69) is 17.2 Å². The molecule has 4 nitrogen and oxygen atoms in total. The molecule has 1 aromatic heterocycles. The average molecular weight is 223 g/mol. The van der Waals surface area contributed by atoms with Crippen LogP contribution in [-0.2, 0) is 0 Å². The van der Waals surface area contributed by atoms with Gasteiger partial charge in [0.15, 0.2) is 0 Å². The normalized spacial score (nSPS) is 27.9. The van der Waals surface area contributed by atoms with Gasteiger partial charge in [0.25, 0.3) is 0 Å². The van der Waals surface area contributed by atoms with Gasteiger partial charge in [0.1, 0.15) is 5.76 Å². The first kappa shape index (κ1) is 11.6. The Morgan fingerprint density at radius 2 is 2.38 bits per heavy atom. The topological polar surface area (TPSA) is 64.1 Å². The first-order valence-corrected chi connectivity index (χ1v) is 6.09. The summed E-state index contributed by atoms with van der Waals surface area (Å²) in [5.41, 5.74) is 5.96. The molecule has 0 spiro atoms. The van der Waals surface area contributed by atoms with Crippen LogP contribution in [0.4, 0.5) is 0 Å². The highest BCUT2D eigenvalue weighted by atomic mass is 16.4. The molecule has 0 bridgehead atoms. The van der Waals surface area contributed by atoms with Crippen LogP contribution in [0.3, 0.4) is 0 Å². The van der Waals surface area contributed by atoms with Crippen molar-refractivity contribution in [3.05, 3.63) is 17.8 Å². The van der Waals surface area contributed by atoms with Crippen molar-refractivity contribution in [2.45, 2.75) is 57.7 Å². The molecule has 1 fully saturated rings. The molecule has 1 aliphatic rings. The van der Waals surface area contributed by atoms with Gasteiger partial charge in [-0.3, -0.25) is 0 Å². The fraction of sp³-hybridized carbons (Fsp3) is 0.750. The summed E-state index contributed by atoms with van der Waals surface area (Å²) in [6.07, 6.45) is 6.41. The molecule has 3 N–H and O–H groups in total. The van der Waals surface area contributed by atoms with Crippen molar-refractivity contribution in [2.24, 2.45) is 5.73 Å². The molecule has 3 atom stereocenters. The van der Waals surface area contributed by atoms with Crippen molar-refractivity contribution in [3.8, 4) is 0 Å². The smallest absolute Gasteiger partial charge is 0.211 e. The second-order valence-electron chi connectivity index (χ2n) is 4.82. The van der Waals surface area contributed by atoms with E-state index in [4.69, 9.17) is 10.2 Å². The Hall–Kier alpha value is -0.870. The Labute approximate surface area is 96.6 Å². The molecule has 0 amide bonds. The van der Waals surface area contributed by atoms with Gasteiger partial charge >= 0.3 is 0 Å². The molecule has 3 unspecified atom stereocenters. The Bertz CT molecular complexity index is 337. The van der Waals surface area contributed by atoms with E-state index >= 15 is 0 Å². The summed E-state index contributed by atoms with van der Waals surface area (Å²) in [4.78, 5) is 4.24. The minimum Gasteiger partial charge on any atom is -0.444 e. The number of nitrogens with one attached hydrogen (secondary N) is 1. The Morgan fingerprint density at radius 1 is 1.56 bits per heavy atom. The van der Waals surface area contributed by atoms with Crippen molar-refractivity contribution >= 4 is 0 Å². The zero-order valence-electron chi connectivity index (χ0n) is 10.1. The van der Waals surface area contributed by atoms with Crippen molar-refractivity contribution < 1.29 is 4.42 Å². The van der Waals surface area contributed by atoms with E-state index in [0.29, 0.717) is 12.1 Å². The molecule has 2 rings (SSSR count). The van der Waals surface area contributed by atoms with Crippen LogP contribution in [-0.4, -0.2) is 17.1 Å². The summed E-state index contributed by atoms with van der Waals surface area (Å²) in [6.45, 7) is 4.01. The zero-order chi connectivity index (χ0) is 11.5. The van der Waals surface area contributed by atoms with E-state index in [0.717, 1.165) is 24.5 Å². The molecule has 1 aromatic rings. The summed E-state index contributed by atoms with van der Waals surface area (Å²) < 4.78 is 5.51. The molecule has 1 heterocycles. The van der Waals surface area contributed by atoms with E-state index in [1.165, 1.54) is 12.8 Å². The standard InChI is InChI=1S/C12H21N3O/c1-8-7-14-12(16-8)9(2)15-11-5-3-4-10(13)6-11/h7,9-11,15H,3-6,13H2,1-2H3. The van der Waals surface area contributed by atoms with Gasteiger partial charge < -0.3 is 15.5 Å². The van der Waals surface area contributed by atoms with Gasteiger partial charge in [-0.1, -0.05) is 6.42 Å². The SMILES string of the molecule is Cc1cnc(C(C)NC2CCCC(N)C2)o1. The number of nitrogens with zero attached hydrogens (tertiary/aromatic N) is 1. The van der Waals surface area contributed by atoms with Gasteiger partial charge in [-0.15, -0.1) is 0 Å². The summed E-state index contributed by atoms with van der Waals surface area (Å²) in [5, 5.41) is 3.54. The lowest BCUT2D eigenvalue weighted by Gasteiger charge is -2.29. The van der Waals surface area contributed by atoms with Gasteiger partial charge in [-0.05, 0) is 33.1 Å². The molecular weight excluding hydrogens is 202 g/mol. The highest BCUT2D eigenvalue weighted by Gasteiger charge is 2.22. The Morgan fingerprint density at radius 3 is 3.00 bits per heavy atom. The molecule has 0 saturated heterocycles. The molecule has 0 aliphatic heterocycles. The predicted molar refractivity (Wildman–Crippen MR) is 63.0 cm³/mol. The largest absolute Gasteiger partial charge is 0.444 e. The molecular formula is C12H21N3O. The van der Waals surface area contributed by atoms with Crippen molar-refractivity contribution in [3.63, 3.8) is 0 Å². The van der Waals surface area contributed by atoms with Crippen LogP contribution in [0, 0.1) is 6.92 Å². The van der Waals surface area contributed by atoms with E-state index in [1.54, 1.807) is 6.20 Å². The summed E-state index contributed by atoms with van der Waals surface area (Å²) in [5.74, 6) is 1.64. The molecule has 1 aliphatic carbocycles. The number of hydrogen-bond donors (Lipinski definition) is 2. The van der Waals surface area contributed by atoms with E-state index in [9.17, 15) is 0 Å². The first-order valence-electron chi connectivity index (χ1n) is 6.09. The predicted octanol–water partition coefficient (Wildman–Crippen LogP) is 1.90. The van der Waals surface area contributed by atoms with Gasteiger partial charge in [-0.25, -0.2) is 4.98 Å². The maximum atomic E-state index is 5.96. The third kappa shape index (κ3) is 2.83. The molecule has 16 heavy (non-hydrogen) atoms. The number of rotatable bonds is 3. The highest BCUT2D eigenvalue weighted by molar-refractivity contribution is 4.96. The maximum absolute atomic E-state index is 5.96. The molecule has 0 radical (unpaired) electrons. The lowest BCUT2D eigenvalue weighted by Crippen LogP contribution is -2.40. The minimum atomic E-state index is 0.170. The number of aryl methyl sites for hydroxylation is 1. The van der Waals surface area contributed by atoms with Crippen molar-refractivity contribution in [1.29, 1.82) is 0 Å². The summed E-state index contributed by atoms with van der Waals surface area (Å²) >= 11 is 0. The summed E-state index contributed by atoms with van der Waals surface area (Å²) in [6, 6.07) is 1.03. The van der Waals surface area contributed by atoms with Gasteiger partial charge in [-0.2, -0.15) is 0 Å². The Balaban J connectivity index is 1.89. The van der Waals surface area contributed by atoms with Gasteiger partial charge in [0.2, 0.25) is 5.89 Å². The van der Waals surface area contributed by atoms with Crippen LogP contribution in [0.2, 0.25) is 0 Å². The highest BCUT2D eigenvalue weighted by Crippen LogP contribution is 2.20. The van der Waals surface area contributed by atoms with Crippen LogP contribution in [0.1, 0.15) is 50.3 Å². The fourth-order valence-corrected chi connectivity index (χ4v) is 2.38. The van der Waals surface area contributed by atoms with Gasteiger partial charge in [0.05, 0.1) is 12.2 Å². The first-order chi connectivity index (χ1) is 7.65. The Kier molecular flexibility index (Phi) is 3.61. The van der Waals surface area contributed by atoms with Crippen LogP contribution < -0.4 is 11.1 Å². The molecule has 1 saturated carbocycles. The van der Waals surface area contributed by atoms with Crippen molar-refractivity contribution in [1.82, 2.24) is 10.3 Å². The van der Waals surface area contributed by atoms with Crippen LogP contribution >= 0.6 is 0 Å². The maximum Gasteiger partial charge on any atom is 0.211 e. The monoisotopic (exact) mass is 223 g/mol. The van der Waals surface area contributed by atoms with Crippen molar-refractivity contribution in [2.75, 3.05) is 0 Å². The zero-order valence-corrected chi connectivity index (χ0v) is 10.1. The number of aromatic nitrogens is 1. The number of hydrogen-bond acceptors (Lipinski definition) is 4. The number of nitrogens with two attached hydrogens (primary N) is 1. The van der Waals surface area contributed by atoms with Crippen LogP contribution in [0.25, 0.3) is 0 Å². The van der Waals surface area contributed by atoms with E-state index in [-0.39, 0.29) is 6.04 Å². The van der Waals surface area contributed by atoms with Crippen LogP contribution in [0.15, 0.2) is 10.6 Å².